The molecule has 4 rings (SSSR count). The third-order valence-corrected chi connectivity index (χ3v) is 4.48. The van der Waals surface area contributed by atoms with E-state index in [1.165, 1.54) is 0 Å². The highest BCUT2D eigenvalue weighted by Gasteiger charge is 2.16. The van der Waals surface area contributed by atoms with Crippen LogP contribution in [0.2, 0.25) is 0 Å². The number of nitrogens with zero attached hydrogens (tertiary/aromatic N) is 4. The molecule has 8 nitrogen and oxygen atoms in total. The van der Waals surface area contributed by atoms with Gasteiger partial charge in [-0.3, -0.25) is 9.48 Å². The van der Waals surface area contributed by atoms with Crippen molar-refractivity contribution in [3.8, 4) is 22.5 Å². The minimum absolute atomic E-state index is 0.233. The molecule has 0 atom stereocenters. The largest absolute Gasteiger partial charge is 0.389 e. The third kappa shape index (κ3) is 3.34. The van der Waals surface area contributed by atoms with Gasteiger partial charge in [-0.25, -0.2) is 4.98 Å². The van der Waals surface area contributed by atoms with Crippen LogP contribution in [0.15, 0.2) is 39.9 Å². The lowest BCUT2D eigenvalue weighted by Gasteiger charge is -2.16. The summed E-state index contributed by atoms with van der Waals surface area (Å²) in [6.45, 7) is 7.47. The van der Waals surface area contributed by atoms with E-state index in [9.17, 15) is 9.90 Å². The van der Waals surface area contributed by atoms with Crippen molar-refractivity contribution >= 4 is 10.9 Å². The van der Waals surface area contributed by atoms with Crippen LogP contribution in [-0.4, -0.2) is 35.6 Å². The van der Waals surface area contributed by atoms with E-state index in [-0.39, 0.29) is 5.56 Å². The molecule has 0 saturated carbocycles. The Kier molecular flexibility index (Phi) is 4.15. The molecule has 0 fully saturated rings. The van der Waals surface area contributed by atoms with Crippen LogP contribution in [0.3, 0.4) is 0 Å². The van der Waals surface area contributed by atoms with Crippen molar-refractivity contribution in [1.29, 1.82) is 0 Å². The quantitative estimate of drug-likeness (QED) is 0.564. The Labute approximate surface area is 160 Å². The first kappa shape index (κ1) is 18.1. The number of rotatable bonds is 4. The summed E-state index contributed by atoms with van der Waals surface area (Å²) in [6, 6.07) is 5.52. The summed E-state index contributed by atoms with van der Waals surface area (Å²) in [7, 11) is 0. The molecule has 4 aromatic rings. The molecule has 28 heavy (non-hydrogen) atoms. The molecule has 0 aliphatic heterocycles. The second-order valence-electron chi connectivity index (χ2n) is 7.58. The zero-order chi connectivity index (χ0) is 20.1. The maximum atomic E-state index is 12.7. The fourth-order valence-corrected chi connectivity index (χ4v) is 3.29. The summed E-state index contributed by atoms with van der Waals surface area (Å²) in [5.74, 6) is 1.14. The number of hydrogen-bond acceptors (Lipinski definition) is 6. The number of aromatic amines is 1. The molecule has 0 bridgehead atoms. The van der Waals surface area contributed by atoms with Gasteiger partial charge in [-0.1, -0.05) is 11.2 Å². The molecule has 0 aliphatic carbocycles. The van der Waals surface area contributed by atoms with Crippen molar-refractivity contribution in [2.45, 2.75) is 39.8 Å². The van der Waals surface area contributed by atoms with E-state index in [1.807, 2.05) is 26.0 Å². The summed E-state index contributed by atoms with van der Waals surface area (Å²) < 4.78 is 6.85. The van der Waals surface area contributed by atoms with Crippen molar-refractivity contribution in [1.82, 2.24) is 24.9 Å². The van der Waals surface area contributed by atoms with Crippen molar-refractivity contribution in [2.24, 2.45) is 0 Å². The van der Waals surface area contributed by atoms with Gasteiger partial charge < -0.3 is 14.6 Å². The topological polar surface area (TPSA) is 110 Å². The van der Waals surface area contributed by atoms with Crippen LogP contribution in [0.4, 0.5) is 0 Å². The van der Waals surface area contributed by atoms with Gasteiger partial charge >= 0.3 is 0 Å². The number of fused-ring (bicyclic) bond motifs is 1. The standard InChI is InChI=1S/C20H21N5O3/c1-11-17(12(2)28-24-11)13-5-6-16-15(7-13)19(26)23-18(22-16)14-8-21-25(9-14)10-20(3,4)27/h5-9,27H,10H2,1-4H3,(H,22,23,26). The number of aliphatic hydroxyl groups is 1. The average molecular weight is 379 g/mol. The van der Waals surface area contributed by atoms with Crippen molar-refractivity contribution in [3.63, 3.8) is 0 Å². The fraction of sp³-hybridized carbons (Fsp3) is 0.300. The predicted molar refractivity (Wildman–Crippen MR) is 105 cm³/mol. The van der Waals surface area contributed by atoms with Crippen LogP contribution in [0.5, 0.6) is 0 Å². The lowest BCUT2D eigenvalue weighted by molar-refractivity contribution is 0.0577. The number of nitrogens with one attached hydrogen (secondary N) is 1. The average Bonchev–Trinajstić information content (AvgIpc) is 3.20. The first-order valence-corrected chi connectivity index (χ1v) is 8.94. The number of benzene rings is 1. The zero-order valence-electron chi connectivity index (χ0n) is 16.1. The molecule has 0 radical (unpaired) electrons. The van der Waals surface area contributed by atoms with E-state index in [4.69, 9.17) is 4.52 Å². The van der Waals surface area contributed by atoms with E-state index in [2.05, 4.69) is 20.2 Å². The predicted octanol–water partition coefficient (Wildman–Crippen LogP) is 2.83. The molecule has 0 amide bonds. The van der Waals surface area contributed by atoms with Crippen molar-refractivity contribution < 1.29 is 9.63 Å². The van der Waals surface area contributed by atoms with E-state index in [0.29, 0.717) is 34.6 Å². The lowest BCUT2D eigenvalue weighted by atomic mass is 10.0. The summed E-state index contributed by atoms with van der Waals surface area (Å²) in [5, 5.41) is 18.6. The first-order chi connectivity index (χ1) is 13.2. The Morgan fingerprint density at radius 2 is 2.04 bits per heavy atom. The smallest absolute Gasteiger partial charge is 0.259 e. The van der Waals surface area contributed by atoms with Crippen molar-refractivity contribution in [3.05, 3.63) is 52.4 Å². The highest BCUT2D eigenvalue weighted by molar-refractivity contribution is 5.85. The maximum absolute atomic E-state index is 12.7. The molecule has 0 unspecified atom stereocenters. The van der Waals surface area contributed by atoms with Crippen LogP contribution in [0.1, 0.15) is 25.3 Å². The summed E-state index contributed by atoms with van der Waals surface area (Å²) in [5.41, 5.74) is 2.67. The van der Waals surface area contributed by atoms with Crippen LogP contribution in [-0.2, 0) is 6.54 Å². The van der Waals surface area contributed by atoms with Crippen LogP contribution in [0.25, 0.3) is 33.4 Å². The van der Waals surface area contributed by atoms with E-state index >= 15 is 0 Å². The second-order valence-corrected chi connectivity index (χ2v) is 7.58. The Bertz CT molecular complexity index is 1210. The molecule has 0 spiro atoms. The van der Waals surface area contributed by atoms with E-state index in [1.54, 1.807) is 37.0 Å². The van der Waals surface area contributed by atoms with Gasteiger partial charge in [-0.2, -0.15) is 5.10 Å². The number of H-pyrrole nitrogens is 1. The van der Waals surface area contributed by atoms with Gasteiger partial charge in [0.05, 0.1) is 40.5 Å². The molecule has 3 aromatic heterocycles. The second kappa shape index (κ2) is 6.42. The highest BCUT2D eigenvalue weighted by atomic mass is 16.5. The van der Waals surface area contributed by atoms with Gasteiger partial charge in [0.1, 0.15) is 11.6 Å². The van der Waals surface area contributed by atoms with Gasteiger partial charge in [0.2, 0.25) is 0 Å². The molecule has 144 valence electrons. The summed E-state index contributed by atoms with van der Waals surface area (Å²) in [4.78, 5) is 20.1. The molecular weight excluding hydrogens is 358 g/mol. The van der Waals surface area contributed by atoms with Crippen molar-refractivity contribution in [2.75, 3.05) is 0 Å². The van der Waals surface area contributed by atoms with E-state index < -0.39 is 5.60 Å². The monoisotopic (exact) mass is 379 g/mol. The van der Waals surface area contributed by atoms with Gasteiger partial charge in [0.25, 0.3) is 5.56 Å². The van der Waals surface area contributed by atoms with Crippen LogP contribution in [0, 0.1) is 13.8 Å². The molecule has 2 N–H and O–H groups in total. The molecule has 0 saturated heterocycles. The van der Waals surface area contributed by atoms with Gasteiger partial charge in [0, 0.05) is 11.8 Å². The van der Waals surface area contributed by atoms with Gasteiger partial charge in [-0.05, 0) is 45.4 Å². The van der Waals surface area contributed by atoms with Gasteiger partial charge in [-0.15, -0.1) is 0 Å². The zero-order valence-corrected chi connectivity index (χ0v) is 16.1. The lowest BCUT2D eigenvalue weighted by Crippen LogP contribution is -2.26. The maximum Gasteiger partial charge on any atom is 0.259 e. The summed E-state index contributed by atoms with van der Waals surface area (Å²) in [6.07, 6.45) is 3.37. The van der Waals surface area contributed by atoms with E-state index in [0.717, 1.165) is 16.8 Å². The SMILES string of the molecule is Cc1noc(C)c1-c1ccc2nc(-c3cnn(CC(C)(C)O)c3)[nH]c(=O)c2c1. The minimum atomic E-state index is -0.887. The number of aromatic nitrogens is 5. The van der Waals surface area contributed by atoms with Gasteiger partial charge in [0.15, 0.2) is 0 Å². The molecular formula is C20H21N5O3. The molecule has 1 aromatic carbocycles. The molecule has 3 heterocycles. The molecule has 8 heteroatoms. The Morgan fingerprint density at radius 1 is 1.25 bits per heavy atom. The minimum Gasteiger partial charge on any atom is -0.389 e. The summed E-state index contributed by atoms with van der Waals surface area (Å²) >= 11 is 0. The Hall–Kier alpha value is -3.26. The normalized spacial score (nSPS) is 12.0. The highest BCUT2D eigenvalue weighted by Crippen LogP contribution is 2.28. The first-order valence-electron chi connectivity index (χ1n) is 8.94. The Morgan fingerprint density at radius 3 is 2.71 bits per heavy atom. The number of aryl methyl sites for hydroxylation is 2. The molecule has 0 aliphatic rings. The third-order valence-electron chi connectivity index (χ3n) is 4.48. The van der Waals surface area contributed by atoms with Crippen LogP contribution < -0.4 is 5.56 Å². The van der Waals surface area contributed by atoms with Crippen LogP contribution >= 0.6 is 0 Å². The number of hydrogen-bond donors (Lipinski definition) is 2. The Balaban J connectivity index is 1.76. The fourth-order valence-electron chi connectivity index (χ4n) is 3.29.